The molecule has 0 radical (unpaired) electrons. The molecule has 1 heterocycles. The zero-order valence-corrected chi connectivity index (χ0v) is 11.2. The first-order valence-corrected chi connectivity index (χ1v) is 7.00. The molecule has 2 unspecified atom stereocenters. The fourth-order valence-electron chi connectivity index (χ4n) is 2.17. The van der Waals surface area contributed by atoms with Crippen LogP contribution in [0.1, 0.15) is 23.6 Å². The third kappa shape index (κ3) is 2.66. The SMILES string of the molecule is Cc1csc(NC(=O)C2CC2c2ccc(F)cc2)n1. The van der Waals surface area contributed by atoms with Gasteiger partial charge >= 0.3 is 0 Å². The number of rotatable bonds is 3. The minimum atomic E-state index is -0.247. The molecule has 0 saturated heterocycles. The maximum Gasteiger partial charge on any atom is 0.229 e. The van der Waals surface area contributed by atoms with Crippen molar-refractivity contribution < 1.29 is 9.18 Å². The number of halogens is 1. The molecule has 1 aromatic carbocycles. The quantitative estimate of drug-likeness (QED) is 0.934. The van der Waals surface area contributed by atoms with Crippen molar-refractivity contribution in [3.05, 3.63) is 46.7 Å². The summed E-state index contributed by atoms with van der Waals surface area (Å²) in [5.41, 5.74) is 1.93. The number of carbonyl (C=O) groups excluding carboxylic acids is 1. The summed E-state index contributed by atoms with van der Waals surface area (Å²) in [6.07, 6.45) is 0.821. The topological polar surface area (TPSA) is 42.0 Å². The van der Waals surface area contributed by atoms with Crippen molar-refractivity contribution in [3.8, 4) is 0 Å². The van der Waals surface area contributed by atoms with Crippen LogP contribution in [0.2, 0.25) is 0 Å². The maximum atomic E-state index is 12.8. The molecule has 98 valence electrons. The van der Waals surface area contributed by atoms with Gasteiger partial charge in [0.05, 0.1) is 5.69 Å². The van der Waals surface area contributed by atoms with Crippen molar-refractivity contribution in [1.82, 2.24) is 4.98 Å². The number of hydrogen-bond donors (Lipinski definition) is 1. The molecule has 0 aliphatic heterocycles. The van der Waals surface area contributed by atoms with Gasteiger partial charge in [0, 0.05) is 11.3 Å². The second kappa shape index (κ2) is 4.74. The fourth-order valence-corrected chi connectivity index (χ4v) is 2.86. The number of nitrogens with zero attached hydrogens (tertiary/aromatic N) is 1. The summed E-state index contributed by atoms with van der Waals surface area (Å²) in [5, 5.41) is 5.38. The Morgan fingerprint density at radius 2 is 2.16 bits per heavy atom. The normalized spacial score (nSPS) is 21.2. The van der Waals surface area contributed by atoms with Crippen LogP contribution in [0.5, 0.6) is 0 Å². The van der Waals surface area contributed by atoms with Crippen molar-refractivity contribution in [2.45, 2.75) is 19.3 Å². The highest BCUT2D eigenvalue weighted by molar-refractivity contribution is 7.13. The van der Waals surface area contributed by atoms with Gasteiger partial charge in [0.15, 0.2) is 5.13 Å². The molecule has 1 saturated carbocycles. The Balaban J connectivity index is 1.63. The zero-order valence-electron chi connectivity index (χ0n) is 10.4. The molecular weight excluding hydrogens is 263 g/mol. The summed E-state index contributed by atoms with van der Waals surface area (Å²) >= 11 is 1.43. The zero-order chi connectivity index (χ0) is 13.4. The lowest BCUT2D eigenvalue weighted by molar-refractivity contribution is -0.117. The second-order valence-corrected chi connectivity index (χ2v) is 5.64. The molecule has 2 atom stereocenters. The van der Waals surface area contributed by atoms with Gasteiger partial charge in [0.2, 0.25) is 5.91 Å². The molecule has 3 rings (SSSR count). The molecule has 0 spiro atoms. The van der Waals surface area contributed by atoms with E-state index in [1.165, 1.54) is 23.5 Å². The van der Waals surface area contributed by atoms with Crippen LogP contribution in [-0.4, -0.2) is 10.9 Å². The van der Waals surface area contributed by atoms with Crippen LogP contribution in [0.15, 0.2) is 29.6 Å². The number of anilines is 1. The molecular formula is C14H13FN2OS. The highest BCUT2D eigenvalue weighted by atomic mass is 32.1. The Morgan fingerprint density at radius 3 is 2.79 bits per heavy atom. The van der Waals surface area contributed by atoms with Crippen molar-refractivity contribution in [1.29, 1.82) is 0 Å². The third-order valence-electron chi connectivity index (χ3n) is 3.27. The van der Waals surface area contributed by atoms with Crippen LogP contribution < -0.4 is 5.32 Å². The summed E-state index contributed by atoms with van der Waals surface area (Å²) in [6, 6.07) is 6.38. The lowest BCUT2D eigenvalue weighted by Crippen LogP contribution is -2.14. The summed E-state index contributed by atoms with van der Waals surface area (Å²) in [7, 11) is 0. The first-order chi connectivity index (χ1) is 9.13. The Morgan fingerprint density at radius 1 is 1.42 bits per heavy atom. The van der Waals surface area contributed by atoms with E-state index in [9.17, 15) is 9.18 Å². The number of nitrogens with one attached hydrogen (secondary N) is 1. The average molecular weight is 276 g/mol. The molecule has 1 amide bonds. The average Bonchev–Trinajstić information content (AvgIpc) is 3.08. The van der Waals surface area contributed by atoms with Crippen molar-refractivity contribution in [2.24, 2.45) is 5.92 Å². The summed E-state index contributed by atoms with van der Waals surface area (Å²) < 4.78 is 12.8. The number of aryl methyl sites for hydroxylation is 1. The van der Waals surface area contributed by atoms with E-state index in [1.807, 2.05) is 12.3 Å². The molecule has 1 aliphatic carbocycles. The molecule has 0 bridgehead atoms. The summed E-state index contributed by atoms with van der Waals surface area (Å²) in [4.78, 5) is 16.2. The fraction of sp³-hybridized carbons (Fsp3) is 0.286. The highest BCUT2D eigenvalue weighted by Gasteiger charge is 2.44. The predicted octanol–water partition coefficient (Wildman–Crippen LogP) is 3.33. The molecule has 1 N–H and O–H groups in total. The Bertz CT molecular complexity index is 608. The summed E-state index contributed by atoms with van der Waals surface area (Å²) in [6.45, 7) is 1.89. The number of thiazole rings is 1. The van der Waals surface area contributed by atoms with Gasteiger partial charge in [0.25, 0.3) is 0 Å². The lowest BCUT2D eigenvalue weighted by Gasteiger charge is -2.01. The Kier molecular flexibility index (Phi) is 3.06. The van der Waals surface area contributed by atoms with E-state index in [0.717, 1.165) is 17.7 Å². The van der Waals surface area contributed by atoms with Crippen LogP contribution in [0.25, 0.3) is 0 Å². The van der Waals surface area contributed by atoms with E-state index in [2.05, 4.69) is 10.3 Å². The molecule has 1 aromatic heterocycles. The second-order valence-electron chi connectivity index (χ2n) is 4.78. The van der Waals surface area contributed by atoms with Gasteiger partial charge < -0.3 is 5.32 Å². The van der Waals surface area contributed by atoms with Crippen LogP contribution >= 0.6 is 11.3 Å². The van der Waals surface area contributed by atoms with Crippen molar-refractivity contribution >= 4 is 22.4 Å². The van der Waals surface area contributed by atoms with Gasteiger partial charge in [-0.2, -0.15) is 0 Å². The first kappa shape index (κ1) is 12.3. The van der Waals surface area contributed by atoms with Crippen molar-refractivity contribution in [3.63, 3.8) is 0 Å². The Hall–Kier alpha value is -1.75. The van der Waals surface area contributed by atoms with E-state index in [1.54, 1.807) is 12.1 Å². The van der Waals surface area contributed by atoms with Gasteiger partial charge in [-0.1, -0.05) is 12.1 Å². The predicted molar refractivity (Wildman–Crippen MR) is 72.7 cm³/mol. The van der Waals surface area contributed by atoms with Gasteiger partial charge in [-0.25, -0.2) is 9.37 Å². The molecule has 5 heteroatoms. The van der Waals surface area contributed by atoms with E-state index < -0.39 is 0 Å². The number of hydrogen-bond acceptors (Lipinski definition) is 3. The van der Waals surface area contributed by atoms with Crippen LogP contribution in [0.3, 0.4) is 0 Å². The smallest absolute Gasteiger partial charge is 0.229 e. The van der Waals surface area contributed by atoms with Crippen LogP contribution in [0, 0.1) is 18.7 Å². The number of amides is 1. The van der Waals surface area contributed by atoms with E-state index >= 15 is 0 Å². The van der Waals surface area contributed by atoms with Gasteiger partial charge in [-0.15, -0.1) is 11.3 Å². The van der Waals surface area contributed by atoms with E-state index in [-0.39, 0.29) is 23.6 Å². The molecule has 1 aliphatic rings. The van der Waals surface area contributed by atoms with Gasteiger partial charge in [0.1, 0.15) is 5.82 Å². The first-order valence-electron chi connectivity index (χ1n) is 6.12. The number of carbonyl (C=O) groups is 1. The van der Waals surface area contributed by atoms with E-state index in [4.69, 9.17) is 0 Å². The van der Waals surface area contributed by atoms with Gasteiger partial charge in [-0.05, 0) is 37.0 Å². The monoisotopic (exact) mass is 276 g/mol. The molecule has 2 aromatic rings. The molecule has 19 heavy (non-hydrogen) atoms. The standard InChI is InChI=1S/C14H13FN2OS/c1-8-7-19-14(16-8)17-13(18)12-6-11(12)9-2-4-10(15)5-3-9/h2-5,7,11-12H,6H2,1H3,(H,16,17,18). The highest BCUT2D eigenvalue weighted by Crippen LogP contribution is 2.48. The van der Waals surface area contributed by atoms with Crippen molar-refractivity contribution in [2.75, 3.05) is 5.32 Å². The molecule has 3 nitrogen and oxygen atoms in total. The minimum absolute atomic E-state index is 0.00340. The third-order valence-corrected chi connectivity index (χ3v) is 4.15. The van der Waals surface area contributed by atoms with Crippen LogP contribution in [0.4, 0.5) is 9.52 Å². The van der Waals surface area contributed by atoms with E-state index in [0.29, 0.717) is 5.13 Å². The maximum absolute atomic E-state index is 12.8. The number of aromatic nitrogens is 1. The summed E-state index contributed by atoms with van der Waals surface area (Å²) in [5.74, 6) is -0.0522. The Labute approximate surface area is 114 Å². The largest absolute Gasteiger partial charge is 0.302 e. The van der Waals surface area contributed by atoms with Crippen LogP contribution in [-0.2, 0) is 4.79 Å². The minimum Gasteiger partial charge on any atom is -0.302 e. The number of benzene rings is 1. The lowest BCUT2D eigenvalue weighted by atomic mass is 10.1. The molecule has 1 fully saturated rings. The van der Waals surface area contributed by atoms with Gasteiger partial charge in [-0.3, -0.25) is 4.79 Å².